The number of carbonyl (C=O) groups excluding carboxylic acids is 1. The summed E-state index contributed by atoms with van der Waals surface area (Å²) in [5.41, 5.74) is 5.33. The van der Waals surface area contributed by atoms with Crippen LogP contribution in [0.5, 0.6) is 0 Å². The van der Waals surface area contributed by atoms with Crippen LogP contribution in [0.25, 0.3) is 0 Å². The van der Waals surface area contributed by atoms with Crippen LogP contribution in [0.1, 0.15) is 6.92 Å². The molecule has 0 rings (SSSR count). The van der Waals surface area contributed by atoms with Crippen LogP contribution >= 0.6 is 24.8 Å². The molecule has 1 amide bonds. The molecule has 0 bridgehead atoms. The van der Waals surface area contributed by atoms with Gasteiger partial charge < -0.3 is 16.0 Å². The molecule has 0 aromatic heterocycles. The molecule has 1 atom stereocenters. The predicted molar refractivity (Wildman–Crippen MR) is 59.7 cm³/mol. The van der Waals surface area contributed by atoms with Gasteiger partial charge in [0.15, 0.2) is 0 Å². The fourth-order valence-corrected chi connectivity index (χ4v) is 0.564. The first-order valence-electron chi connectivity index (χ1n) is 3.72. The second kappa shape index (κ2) is 10.1. The smallest absolute Gasteiger partial charge is 0.236 e. The Morgan fingerprint density at radius 1 is 1.46 bits per heavy atom. The van der Waals surface area contributed by atoms with E-state index < -0.39 is 6.04 Å². The molecule has 0 saturated heterocycles. The van der Waals surface area contributed by atoms with Crippen molar-refractivity contribution in [2.24, 2.45) is 5.73 Å². The Bertz CT molecular complexity index is 131. The maximum atomic E-state index is 10.9. The Balaban J connectivity index is -0.000000500. The van der Waals surface area contributed by atoms with Gasteiger partial charge in [-0.25, -0.2) is 0 Å². The summed E-state index contributed by atoms with van der Waals surface area (Å²) in [7, 11) is 3.91. The zero-order chi connectivity index (χ0) is 8.85. The molecule has 4 nitrogen and oxygen atoms in total. The van der Waals surface area contributed by atoms with Crippen LogP contribution in [0.4, 0.5) is 0 Å². The van der Waals surface area contributed by atoms with Crippen LogP contribution in [0.2, 0.25) is 0 Å². The van der Waals surface area contributed by atoms with E-state index in [1.54, 1.807) is 6.92 Å². The Morgan fingerprint density at radius 3 is 2.23 bits per heavy atom. The minimum atomic E-state index is -0.405. The Morgan fingerprint density at radius 2 is 1.92 bits per heavy atom. The SMILES string of the molecule is C[C@@H](N)C(=O)NCCN(C)C.Cl.Cl. The van der Waals surface area contributed by atoms with Crippen LogP contribution in [0, 0.1) is 0 Å². The van der Waals surface area contributed by atoms with Gasteiger partial charge in [0.25, 0.3) is 0 Å². The Kier molecular flexibility index (Phi) is 14.5. The standard InChI is InChI=1S/C7H17N3O.2ClH/c1-6(8)7(11)9-4-5-10(2)3;;/h6H,4-5,8H2,1-3H3,(H,9,11);2*1H/t6-;;/m1../s1. The van der Waals surface area contributed by atoms with Gasteiger partial charge in [-0.3, -0.25) is 4.79 Å². The number of rotatable bonds is 4. The first kappa shape index (κ1) is 18.7. The summed E-state index contributed by atoms with van der Waals surface area (Å²) in [4.78, 5) is 12.9. The average Bonchev–Trinajstić information content (AvgIpc) is 1.86. The molecule has 0 saturated carbocycles. The summed E-state index contributed by atoms with van der Waals surface area (Å²) in [6.45, 7) is 3.18. The van der Waals surface area contributed by atoms with Crippen molar-refractivity contribution in [1.29, 1.82) is 0 Å². The van der Waals surface area contributed by atoms with Gasteiger partial charge in [0.1, 0.15) is 0 Å². The summed E-state index contributed by atoms with van der Waals surface area (Å²) in [5.74, 6) is -0.0909. The first-order valence-corrected chi connectivity index (χ1v) is 3.72. The largest absolute Gasteiger partial charge is 0.353 e. The fraction of sp³-hybridized carbons (Fsp3) is 0.857. The second-order valence-electron chi connectivity index (χ2n) is 2.88. The summed E-state index contributed by atoms with van der Waals surface area (Å²) in [5, 5.41) is 2.71. The maximum Gasteiger partial charge on any atom is 0.236 e. The highest BCUT2D eigenvalue weighted by molar-refractivity contribution is 5.85. The number of amides is 1. The molecular weight excluding hydrogens is 213 g/mol. The molecule has 0 fully saturated rings. The van der Waals surface area contributed by atoms with Crippen LogP contribution in [0.3, 0.4) is 0 Å². The lowest BCUT2D eigenvalue weighted by Crippen LogP contribution is -2.41. The van der Waals surface area contributed by atoms with Gasteiger partial charge in [0.2, 0.25) is 5.91 Å². The molecule has 0 heterocycles. The molecule has 3 N–H and O–H groups in total. The van der Waals surface area contributed by atoms with Gasteiger partial charge in [0, 0.05) is 13.1 Å². The summed E-state index contributed by atoms with van der Waals surface area (Å²) >= 11 is 0. The molecule has 0 aromatic carbocycles. The molecule has 0 unspecified atom stereocenters. The fourth-order valence-electron chi connectivity index (χ4n) is 0.564. The quantitative estimate of drug-likeness (QED) is 0.709. The van der Waals surface area contributed by atoms with Crippen molar-refractivity contribution >= 4 is 30.7 Å². The highest BCUT2D eigenvalue weighted by atomic mass is 35.5. The minimum absolute atomic E-state index is 0. The number of likely N-dealkylation sites (N-methyl/N-ethyl adjacent to an activating group) is 1. The van der Waals surface area contributed by atoms with Crippen LogP contribution in [-0.4, -0.2) is 44.0 Å². The molecule has 13 heavy (non-hydrogen) atoms. The van der Waals surface area contributed by atoms with E-state index in [-0.39, 0.29) is 30.7 Å². The number of hydrogen-bond acceptors (Lipinski definition) is 3. The van der Waals surface area contributed by atoms with Crippen molar-refractivity contribution in [2.45, 2.75) is 13.0 Å². The van der Waals surface area contributed by atoms with Crippen molar-refractivity contribution < 1.29 is 4.79 Å². The zero-order valence-corrected chi connectivity index (χ0v) is 9.87. The number of nitrogens with zero attached hydrogens (tertiary/aromatic N) is 1. The van der Waals surface area contributed by atoms with Gasteiger partial charge >= 0.3 is 0 Å². The summed E-state index contributed by atoms with van der Waals surface area (Å²) < 4.78 is 0. The van der Waals surface area contributed by atoms with E-state index in [0.717, 1.165) is 6.54 Å². The summed E-state index contributed by atoms with van der Waals surface area (Å²) in [6.07, 6.45) is 0. The third kappa shape index (κ3) is 12.0. The molecule has 0 aliphatic rings. The van der Waals surface area contributed by atoms with E-state index >= 15 is 0 Å². The Labute approximate surface area is 92.0 Å². The van der Waals surface area contributed by atoms with Gasteiger partial charge in [0.05, 0.1) is 6.04 Å². The van der Waals surface area contributed by atoms with Crippen molar-refractivity contribution in [3.05, 3.63) is 0 Å². The van der Waals surface area contributed by atoms with Gasteiger partial charge in [-0.05, 0) is 21.0 Å². The molecule has 0 spiro atoms. The normalized spacial score (nSPS) is 11.2. The van der Waals surface area contributed by atoms with Gasteiger partial charge in [-0.2, -0.15) is 0 Å². The zero-order valence-electron chi connectivity index (χ0n) is 8.24. The number of nitrogens with two attached hydrogens (primary N) is 1. The van der Waals surface area contributed by atoms with Gasteiger partial charge in [-0.15, -0.1) is 24.8 Å². The van der Waals surface area contributed by atoms with E-state index in [0.29, 0.717) is 6.54 Å². The van der Waals surface area contributed by atoms with Crippen molar-refractivity contribution in [3.63, 3.8) is 0 Å². The lowest BCUT2D eigenvalue weighted by Gasteiger charge is -2.11. The molecule has 6 heteroatoms. The second-order valence-corrected chi connectivity index (χ2v) is 2.88. The molecular formula is C7H19Cl2N3O. The minimum Gasteiger partial charge on any atom is -0.353 e. The van der Waals surface area contributed by atoms with Crippen molar-refractivity contribution in [1.82, 2.24) is 10.2 Å². The number of halogens is 2. The summed E-state index contributed by atoms with van der Waals surface area (Å²) in [6, 6.07) is -0.405. The van der Waals surface area contributed by atoms with Crippen LogP contribution in [0.15, 0.2) is 0 Å². The molecule has 82 valence electrons. The van der Waals surface area contributed by atoms with Crippen LogP contribution in [-0.2, 0) is 4.79 Å². The topological polar surface area (TPSA) is 58.4 Å². The number of hydrogen-bond donors (Lipinski definition) is 2. The third-order valence-corrected chi connectivity index (χ3v) is 1.27. The molecule has 0 radical (unpaired) electrons. The maximum absolute atomic E-state index is 10.9. The number of nitrogens with one attached hydrogen (secondary N) is 1. The first-order chi connectivity index (χ1) is 5.04. The van der Waals surface area contributed by atoms with Gasteiger partial charge in [-0.1, -0.05) is 0 Å². The van der Waals surface area contributed by atoms with E-state index in [1.165, 1.54) is 0 Å². The lowest BCUT2D eigenvalue weighted by molar-refractivity contribution is -0.121. The van der Waals surface area contributed by atoms with Crippen molar-refractivity contribution in [3.8, 4) is 0 Å². The van der Waals surface area contributed by atoms with Crippen LogP contribution < -0.4 is 11.1 Å². The Hall–Kier alpha value is -0.0300. The molecule has 0 aromatic rings. The number of carbonyl (C=O) groups is 1. The van der Waals surface area contributed by atoms with E-state index in [4.69, 9.17) is 5.73 Å². The molecule has 0 aliphatic carbocycles. The van der Waals surface area contributed by atoms with E-state index in [9.17, 15) is 4.79 Å². The van der Waals surface area contributed by atoms with Crippen molar-refractivity contribution in [2.75, 3.05) is 27.2 Å². The monoisotopic (exact) mass is 231 g/mol. The van der Waals surface area contributed by atoms with E-state index in [2.05, 4.69) is 5.32 Å². The van der Waals surface area contributed by atoms with E-state index in [1.807, 2.05) is 19.0 Å². The highest BCUT2D eigenvalue weighted by Crippen LogP contribution is 1.75. The lowest BCUT2D eigenvalue weighted by atomic mass is 10.3. The average molecular weight is 232 g/mol. The highest BCUT2D eigenvalue weighted by Gasteiger charge is 2.04. The predicted octanol–water partition coefficient (Wildman–Crippen LogP) is -0.145. The molecule has 0 aliphatic heterocycles. The third-order valence-electron chi connectivity index (χ3n) is 1.27.